The molecule has 4 nitrogen and oxygen atoms in total. The van der Waals surface area contributed by atoms with Crippen LogP contribution in [-0.4, -0.2) is 33.9 Å². The average molecular weight is 329 g/mol. The van der Waals surface area contributed by atoms with E-state index in [0.717, 1.165) is 42.3 Å². The maximum Gasteiger partial charge on any atom is 0.219 e. The van der Waals surface area contributed by atoms with Crippen LogP contribution in [0.3, 0.4) is 0 Å². The summed E-state index contributed by atoms with van der Waals surface area (Å²) in [6.45, 7) is 7.58. The van der Waals surface area contributed by atoms with E-state index in [0.29, 0.717) is 5.92 Å². The van der Waals surface area contributed by atoms with Crippen LogP contribution >= 0.6 is 11.3 Å². The standard InChI is InChI=1S/C18H23N3OS/c1-12-13(2)23-18(20-12)17-7-6-15(10-19-17)9-16-5-4-8-21(11-16)14(3)22/h6-7,10,16H,4-5,8-9,11H2,1-3H3. The SMILES string of the molecule is CC(=O)N1CCCC(Cc2ccc(-c3nc(C)c(C)s3)nc2)C1. The number of hydrogen-bond acceptors (Lipinski definition) is 4. The van der Waals surface area contributed by atoms with Gasteiger partial charge in [0.2, 0.25) is 5.91 Å². The maximum atomic E-state index is 11.5. The van der Waals surface area contributed by atoms with E-state index >= 15 is 0 Å². The van der Waals surface area contributed by atoms with Crippen molar-refractivity contribution >= 4 is 17.2 Å². The molecule has 0 aromatic carbocycles. The Balaban J connectivity index is 1.66. The molecular weight excluding hydrogens is 306 g/mol. The highest BCUT2D eigenvalue weighted by Crippen LogP contribution is 2.26. The Morgan fingerprint density at radius 1 is 1.39 bits per heavy atom. The fraction of sp³-hybridized carbons (Fsp3) is 0.500. The van der Waals surface area contributed by atoms with Crippen LogP contribution in [0.15, 0.2) is 18.3 Å². The molecule has 1 saturated heterocycles. The number of aromatic nitrogens is 2. The number of carbonyl (C=O) groups is 1. The molecule has 0 bridgehead atoms. The third-order valence-electron chi connectivity index (χ3n) is 4.56. The highest BCUT2D eigenvalue weighted by molar-refractivity contribution is 7.15. The summed E-state index contributed by atoms with van der Waals surface area (Å²) < 4.78 is 0. The van der Waals surface area contributed by atoms with Crippen molar-refractivity contribution in [2.24, 2.45) is 5.92 Å². The number of amides is 1. The van der Waals surface area contributed by atoms with Crippen LogP contribution in [0.4, 0.5) is 0 Å². The first kappa shape index (κ1) is 16.1. The van der Waals surface area contributed by atoms with E-state index in [2.05, 4.69) is 29.0 Å². The maximum absolute atomic E-state index is 11.5. The summed E-state index contributed by atoms with van der Waals surface area (Å²) >= 11 is 1.69. The third-order valence-corrected chi connectivity index (χ3v) is 5.66. The van der Waals surface area contributed by atoms with Gasteiger partial charge in [-0.1, -0.05) is 6.07 Å². The van der Waals surface area contributed by atoms with E-state index in [9.17, 15) is 4.79 Å². The largest absolute Gasteiger partial charge is 0.343 e. The van der Waals surface area contributed by atoms with Gasteiger partial charge in [0, 0.05) is 31.1 Å². The Labute approximate surface area is 141 Å². The van der Waals surface area contributed by atoms with Crippen LogP contribution in [0, 0.1) is 19.8 Å². The first-order valence-electron chi connectivity index (χ1n) is 8.18. The molecule has 1 atom stereocenters. The lowest BCUT2D eigenvalue weighted by Crippen LogP contribution is -2.39. The van der Waals surface area contributed by atoms with Crippen molar-refractivity contribution < 1.29 is 4.79 Å². The van der Waals surface area contributed by atoms with Crippen LogP contribution < -0.4 is 0 Å². The topological polar surface area (TPSA) is 46.1 Å². The predicted molar refractivity (Wildman–Crippen MR) is 93.5 cm³/mol. The summed E-state index contributed by atoms with van der Waals surface area (Å²) in [5, 5.41) is 0.993. The van der Waals surface area contributed by atoms with E-state index in [4.69, 9.17) is 0 Å². The number of likely N-dealkylation sites (tertiary alicyclic amines) is 1. The van der Waals surface area contributed by atoms with Crippen LogP contribution in [0.25, 0.3) is 10.7 Å². The predicted octanol–water partition coefficient (Wildman–Crippen LogP) is 3.62. The Morgan fingerprint density at radius 3 is 2.83 bits per heavy atom. The van der Waals surface area contributed by atoms with Crippen LogP contribution in [0.5, 0.6) is 0 Å². The second-order valence-electron chi connectivity index (χ2n) is 6.39. The van der Waals surface area contributed by atoms with E-state index in [-0.39, 0.29) is 5.91 Å². The second-order valence-corrected chi connectivity index (χ2v) is 7.59. The summed E-state index contributed by atoms with van der Waals surface area (Å²) in [6, 6.07) is 4.22. The molecule has 5 heteroatoms. The molecule has 2 aromatic heterocycles. The van der Waals surface area contributed by atoms with E-state index in [1.54, 1.807) is 18.3 Å². The molecule has 1 amide bonds. The van der Waals surface area contributed by atoms with Crippen LogP contribution in [-0.2, 0) is 11.2 Å². The number of aryl methyl sites for hydroxylation is 2. The zero-order valence-corrected chi connectivity index (χ0v) is 14.8. The molecule has 0 spiro atoms. The zero-order chi connectivity index (χ0) is 16.4. The number of carbonyl (C=O) groups excluding carboxylic acids is 1. The molecule has 1 unspecified atom stereocenters. The van der Waals surface area contributed by atoms with Gasteiger partial charge in [-0.25, -0.2) is 4.98 Å². The van der Waals surface area contributed by atoms with E-state index in [1.807, 2.05) is 18.0 Å². The Kier molecular flexibility index (Phi) is 4.76. The fourth-order valence-electron chi connectivity index (χ4n) is 3.11. The lowest BCUT2D eigenvalue weighted by Gasteiger charge is -2.32. The molecular formula is C18H23N3OS. The molecule has 23 heavy (non-hydrogen) atoms. The van der Waals surface area contributed by atoms with Gasteiger partial charge in [0.1, 0.15) is 5.01 Å². The molecule has 2 aromatic rings. The van der Waals surface area contributed by atoms with Gasteiger partial charge in [-0.3, -0.25) is 9.78 Å². The van der Waals surface area contributed by atoms with E-state index in [1.165, 1.54) is 16.9 Å². The number of hydrogen-bond donors (Lipinski definition) is 0. The highest BCUT2D eigenvalue weighted by Gasteiger charge is 2.21. The summed E-state index contributed by atoms with van der Waals surface area (Å²) in [5.74, 6) is 0.738. The van der Waals surface area contributed by atoms with Gasteiger partial charge in [-0.2, -0.15) is 0 Å². The van der Waals surface area contributed by atoms with Crippen molar-refractivity contribution in [2.45, 2.75) is 40.0 Å². The number of nitrogens with zero attached hydrogens (tertiary/aromatic N) is 3. The van der Waals surface area contributed by atoms with Gasteiger partial charge in [0.15, 0.2) is 0 Å². The number of piperidine rings is 1. The van der Waals surface area contributed by atoms with Gasteiger partial charge in [-0.15, -0.1) is 11.3 Å². The van der Waals surface area contributed by atoms with Crippen LogP contribution in [0.1, 0.15) is 35.9 Å². The minimum Gasteiger partial charge on any atom is -0.343 e. The van der Waals surface area contributed by atoms with E-state index < -0.39 is 0 Å². The number of rotatable bonds is 3. The van der Waals surface area contributed by atoms with Gasteiger partial charge in [-0.05, 0) is 50.7 Å². The first-order valence-corrected chi connectivity index (χ1v) is 8.99. The normalized spacial score (nSPS) is 18.2. The zero-order valence-electron chi connectivity index (χ0n) is 14.0. The lowest BCUT2D eigenvalue weighted by atomic mass is 9.92. The molecule has 1 fully saturated rings. The van der Waals surface area contributed by atoms with Gasteiger partial charge < -0.3 is 4.90 Å². The highest BCUT2D eigenvalue weighted by atomic mass is 32.1. The van der Waals surface area contributed by atoms with Crippen molar-refractivity contribution in [3.05, 3.63) is 34.5 Å². The lowest BCUT2D eigenvalue weighted by molar-refractivity contribution is -0.130. The minimum absolute atomic E-state index is 0.192. The molecule has 0 radical (unpaired) electrons. The van der Waals surface area contributed by atoms with Crippen molar-refractivity contribution in [3.63, 3.8) is 0 Å². The summed E-state index contributed by atoms with van der Waals surface area (Å²) in [4.78, 5) is 23.9. The number of thiazole rings is 1. The molecule has 3 heterocycles. The Morgan fingerprint density at radius 2 is 2.22 bits per heavy atom. The monoisotopic (exact) mass is 329 g/mol. The fourth-order valence-corrected chi connectivity index (χ4v) is 4.00. The first-order chi connectivity index (χ1) is 11.0. The molecule has 0 aliphatic carbocycles. The molecule has 0 N–H and O–H groups in total. The van der Waals surface area contributed by atoms with Gasteiger partial charge in [0.25, 0.3) is 0 Å². The van der Waals surface area contributed by atoms with Crippen molar-refractivity contribution in [3.8, 4) is 10.7 Å². The molecule has 3 rings (SSSR count). The summed E-state index contributed by atoms with van der Waals surface area (Å²) in [5.41, 5.74) is 3.28. The Bertz CT molecular complexity index is 673. The van der Waals surface area contributed by atoms with Gasteiger partial charge in [0.05, 0.1) is 11.4 Å². The summed E-state index contributed by atoms with van der Waals surface area (Å²) in [7, 11) is 0. The summed E-state index contributed by atoms with van der Waals surface area (Å²) in [6.07, 6.45) is 5.25. The smallest absolute Gasteiger partial charge is 0.219 e. The van der Waals surface area contributed by atoms with Crippen LogP contribution in [0.2, 0.25) is 0 Å². The minimum atomic E-state index is 0.192. The van der Waals surface area contributed by atoms with Gasteiger partial charge >= 0.3 is 0 Å². The van der Waals surface area contributed by atoms with Crippen molar-refractivity contribution in [2.75, 3.05) is 13.1 Å². The molecule has 122 valence electrons. The molecule has 0 saturated carbocycles. The third kappa shape index (κ3) is 3.78. The van der Waals surface area contributed by atoms with Crippen molar-refractivity contribution in [1.29, 1.82) is 0 Å². The second kappa shape index (κ2) is 6.79. The molecule has 1 aliphatic heterocycles. The van der Waals surface area contributed by atoms with Crippen molar-refractivity contribution in [1.82, 2.24) is 14.9 Å². The molecule has 1 aliphatic rings. The quantitative estimate of drug-likeness (QED) is 0.864. The number of pyridine rings is 1. The average Bonchev–Trinajstić information content (AvgIpc) is 2.88. The Hall–Kier alpha value is -1.75.